The van der Waals surface area contributed by atoms with E-state index >= 15 is 0 Å². The van der Waals surface area contributed by atoms with E-state index in [9.17, 15) is 9.59 Å². The lowest BCUT2D eigenvalue weighted by atomic mass is 9.67. The van der Waals surface area contributed by atoms with Gasteiger partial charge in [-0.1, -0.05) is 84.9 Å². The van der Waals surface area contributed by atoms with Crippen molar-refractivity contribution >= 4 is 11.9 Å². The summed E-state index contributed by atoms with van der Waals surface area (Å²) in [4.78, 5) is 26.4. The molecule has 49 heavy (non-hydrogen) atoms. The summed E-state index contributed by atoms with van der Waals surface area (Å²) in [5, 5.41) is 0. The van der Waals surface area contributed by atoms with Crippen molar-refractivity contribution in [3.8, 4) is 22.6 Å². The monoisotopic (exact) mass is 642 g/mol. The molecule has 7 rings (SSSR count). The molecule has 4 nitrogen and oxygen atoms in total. The lowest BCUT2D eigenvalue weighted by Gasteiger charge is -2.34. The van der Waals surface area contributed by atoms with Crippen molar-refractivity contribution in [3.63, 3.8) is 0 Å². The van der Waals surface area contributed by atoms with Crippen molar-refractivity contribution in [1.29, 1.82) is 0 Å². The molecule has 0 bridgehead atoms. The van der Waals surface area contributed by atoms with E-state index in [1.807, 2.05) is 77.9 Å². The van der Waals surface area contributed by atoms with Gasteiger partial charge < -0.3 is 9.47 Å². The summed E-state index contributed by atoms with van der Waals surface area (Å²) in [6.07, 6.45) is 0. The maximum Gasteiger partial charge on any atom is 0.343 e. The number of rotatable bonds is 6. The van der Waals surface area contributed by atoms with Crippen molar-refractivity contribution in [1.82, 2.24) is 0 Å². The van der Waals surface area contributed by atoms with Gasteiger partial charge in [0.2, 0.25) is 0 Å². The highest BCUT2D eigenvalue weighted by molar-refractivity contribution is 5.92. The first-order valence-electron chi connectivity index (χ1n) is 16.6. The summed E-state index contributed by atoms with van der Waals surface area (Å²) < 4.78 is 11.9. The van der Waals surface area contributed by atoms with Crippen LogP contribution in [0.1, 0.15) is 76.4 Å². The molecule has 242 valence electrons. The first-order chi connectivity index (χ1) is 23.6. The van der Waals surface area contributed by atoms with E-state index in [4.69, 9.17) is 9.47 Å². The van der Waals surface area contributed by atoms with E-state index in [0.29, 0.717) is 22.6 Å². The Morgan fingerprint density at radius 1 is 0.429 bits per heavy atom. The minimum atomic E-state index is -0.671. The Morgan fingerprint density at radius 2 is 0.837 bits per heavy atom. The smallest absolute Gasteiger partial charge is 0.343 e. The van der Waals surface area contributed by atoms with Crippen molar-refractivity contribution in [2.75, 3.05) is 0 Å². The summed E-state index contributed by atoms with van der Waals surface area (Å²) in [6, 6.07) is 40.5. The zero-order valence-corrected chi connectivity index (χ0v) is 28.7. The second-order valence-electron chi connectivity index (χ2n) is 13.2. The molecule has 0 N–H and O–H groups in total. The molecule has 0 heterocycles. The highest BCUT2D eigenvalue weighted by atomic mass is 16.5. The second kappa shape index (κ2) is 12.4. The Morgan fingerprint density at radius 3 is 1.22 bits per heavy atom. The van der Waals surface area contributed by atoms with Crippen LogP contribution in [-0.4, -0.2) is 11.9 Å². The van der Waals surface area contributed by atoms with E-state index in [-0.39, 0.29) is 11.9 Å². The normalized spacial score (nSPS) is 12.6. The predicted molar refractivity (Wildman–Crippen MR) is 195 cm³/mol. The van der Waals surface area contributed by atoms with Gasteiger partial charge in [0.25, 0.3) is 0 Å². The highest BCUT2D eigenvalue weighted by Crippen LogP contribution is 2.56. The minimum absolute atomic E-state index is 0.383. The van der Waals surface area contributed by atoms with Crippen LogP contribution in [0.5, 0.6) is 11.5 Å². The number of aryl methyl sites for hydroxylation is 6. The average molecular weight is 643 g/mol. The van der Waals surface area contributed by atoms with Crippen LogP contribution in [0.15, 0.2) is 121 Å². The van der Waals surface area contributed by atoms with Crippen LogP contribution in [0.2, 0.25) is 0 Å². The number of fused-ring (bicyclic) bond motifs is 3. The van der Waals surface area contributed by atoms with Crippen molar-refractivity contribution < 1.29 is 19.1 Å². The number of benzene rings is 6. The molecule has 0 saturated carbocycles. The average Bonchev–Trinajstić information content (AvgIpc) is 3.40. The van der Waals surface area contributed by atoms with Gasteiger partial charge >= 0.3 is 11.9 Å². The van der Waals surface area contributed by atoms with E-state index < -0.39 is 5.41 Å². The van der Waals surface area contributed by atoms with Crippen LogP contribution in [-0.2, 0) is 5.41 Å². The maximum atomic E-state index is 13.2. The Hall–Kier alpha value is -5.74. The Bertz CT molecular complexity index is 2130. The molecule has 1 aliphatic rings. The summed E-state index contributed by atoms with van der Waals surface area (Å²) in [5.74, 6) is 0.275. The van der Waals surface area contributed by atoms with Crippen molar-refractivity contribution in [3.05, 3.63) is 188 Å². The number of hydrogen-bond acceptors (Lipinski definition) is 4. The van der Waals surface area contributed by atoms with E-state index in [2.05, 4.69) is 72.8 Å². The molecule has 0 atom stereocenters. The van der Waals surface area contributed by atoms with E-state index in [0.717, 1.165) is 55.6 Å². The van der Waals surface area contributed by atoms with Crippen LogP contribution >= 0.6 is 0 Å². The van der Waals surface area contributed by atoms with Gasteiger partial charge in [-0.2, -0.15) is 0 Å². The molecule has 1 aliphatic carbocycles. The van der Waals surface area contributed by atoms with E-state index in [1.165, 1.54) is 11.1 Å². The zero-order chi connectivity index (χ0) is 34.4. The number of hydrogen-bond donors (Lipinski definition) is 0. The third-order valence-corrected chi connectivity index (χ3v) is 10.1. The molecule has 0 unspecified atom stereocenters. The van der Waals surface area contributed by atoms with Crippen molar-refractivity contribution in [2.45, 2.75) is 47.0 Å². The molecular formula is C45H38O4. The Labute approximate surface area is 288 Å². The van der Waals surface area contributed by atoms with Gasteiger partial charge in [-0.3, -0.25) is 0 Å². The summed E-state index contributed by atoms with van der Waals surface area (Å²) in [5.41, 5.74) is 13.2. The predicted octanol–water partition coefficient (Wildman–Crippen LogP) is 10.3. The number of ether oxygens (including phenoxy) is 2. The molecule has 6 aromatic carbocycles. The minimum Gasteiger partial charge on any atom is -0.423 e. The van der Waals surface area contributed by atoms with Gasteiger partial charge in [-0.05, 0) is 145 Å². The summed E-state index contributed by atoms with van der Waals surface area (Å²) in [6.45, 7) is 12.0. The number of carbonyl (C=O) groups is 2. The molecule has 0 radical (unpaired) electrons. The van der Waals surface area contributed by atoms with Crippen LogP contribution in [0.3, 0.4) is 0 Å². The standard InChI is InChI=1S/C45H38O4/c1-27-15-17-33(23-29(27)3)43(46)48-41-21-19-35(25-31(41)5)45(39-13-9-7-11-37(39)38-12-8-10-14-40(38)45)36-20-22-42(32(6)26-36)49-44(47)34-18-16-28(2)30(4)24-34/h7-26H,1-6H3. The molecule has 0 fully saturated rings. The van der Waals surface area contributed by atoms with Gasteiger partial charge in [0.15, 0.2) is 0 Å². The third kappa shape index (κ3) is 5.44. The molecule has 0 amide bonds. The highest BCUT2D eigenvalue weighted by Gasteiger charge is 2.46. The summed E-state index contributed by atoms with van der Waals surface area (Å²) in [7, 11) is 0. The van der Waals surface area contributed by atoms with E-state index in [1.54, 1.807) is 12.1 Å². The maximum absolute atomic E-state index is 13.2. The van der Waals surface area contributed by atoms with Gasteiger partial charge in [-0.25, -0.2) is 9.59 Å². The lowest BCUT2D eigenvalue weighted by molar-refractivity contribution is 0.0724. The Balaban J connectivity index is 1.32. The molecule has 4 heteroatoms. The fourth-order valence-electron chi connectivity index (χ4n) is 7.07. The molecule has 0 saturated heterocycles. The fraction of sp³-hybridized carbons (Fsp3) is 0.156. The van der Waals surface area contributed by atoms with Crippen LogP contribution in [0.4, 0.5) is 0 Å². The van der Waals surface area contributed by atoms with Crippen LogP contribution in [0, 0.1) is 41.5 Å². The molecule has 0 aromatic heterocycles. The van der Waals surface area contributed by atoms with Crippen LogP contribution < -0.4 is 9.47 Å². The van der Waals surface area contributed by atoms with Gasteiger partial charge in [-0.15, -0.1) is 0 Å². The molecule has 6 aromatic rings. The fourth-order valence-corrected chi connectivity index (χ4v) is 7.07. The van der Waals surface area contributed by atoms with Crippen LogP contribution in [0.25, 0.3) is 11.1 Å². The topological polar surface area (TPSA) is 52.6 Å². The molecule has 0 aliphatic heterocycles. The quantitative estimate of drug-likeness (QED) is 0.134. The first-order valence-corrected chi connectivity index (χ1v) is 16.6. The Kier molecular flexibility index (Phi) is 8.04. The number of esters is 2. The third-order valence-electron chi connectivity index (χ3n) is 10.1. The van der Waals surface area contributed by atoms with Gasteiger partial charge in [0, 0.05) is 0 Å². The van der Waals surface area contributed by atoms with Crippen molar-refractivity contribution in [2.24, 2.45) is 0 Å². The zero-order valence-electron chi connectivity index (χ0n) is 28.7. The van der Waals surface area contributed by atoms with Gasteiger partial charge in [0.05, 0.1) is 16.5 Å². The molecular weight excluding hydrogens is 604 g/mol. The second-order valence-corrected chi connectivity index (χ2v) is 13.2. The first kappa shape index (κ1) is 31.8. The lowest BCUT2D eigenvalue weighted by Crippen LogP contribution is -2.29. The summed E-state index contributed by atoms with van der Waals surface area (Å²) >= 11 is 0. The largest absolute Gasteiger partial charge is 0.423 e. The molecule has 0 spiro atoms. The van der Waals surface area contributed by atoms with Gasteiger partial charge in [0.1, 0.15) is 11.5 Å². The SMILES string of the molecule is Cc1ccc(C(=O)Oc2ccc(C3(c4ccc(OC(=O)c5ccc(C)c(C)c5)c(C)c4)c4ccccc4-c4ccccc43)cc2C)cc1C. The number of carbonyl (C=O) groups excluding carboxylic acids is 2.